The van der Waals surface area contributed by atoms with E-state index in [2.05, 4.69) is 68.1 Å². The van der Waals surface area contributed by atoms with Crippen LogP contribution < -0.4 is 11.5 Å². The molecule has 6 aromatic heterocycles. The van der Waals surface area contributed by atoms with Gasteiger partial charge in [-0.05, 0) is 73.0 Å². The molecule has 0 fully saturated rings. The zero-order chi connectivity index (χ0) is 45.6. The number of halogens is 2. The van der Waals surface area contributed by atoms with Crippen LogP contribution in [0.15, 0.2) is 134 Å². The minimum absolute atomic E-state index is 0.197. The summed E-state index contributed by atoms with van der Waals surface area (Å²) in [4.78, 5) is 26.5. The molecule has 0 amide bonds. The summed E-state index contributed by atoms with van der Waals surface area (Å²) in [7, 11) is 0. The lowest BCUT2D eigenvalue weighted by Crippen LogP contribution is -2.07. The maximum atomic E-state index is 14.2. The van der Waals surface area contributed by atoms with E-state index in [0.717, 1.165) is 67.4 Å². The summed E-state index contributed by atoms with van der Waals surface area (Å²) < 4.78 is 31.4. The van der Waals surface area contributed by atoms with Gasteiger partial charge < -0.3 is 21.7 Å². The predicted molar refractivity (Wildman–Crippen MR) is 250 cm³/mol. The van der Waals surface area contributed by atoms with Gasteiger partial charge in [0.1, 0.15) is 58.8 Å². The number of aromatic hydroxyl groups is 2. The third kappa shape index (κ3) is 7.76. The first-order valence-corrected chi connectivity index (χ1v) is 20.7. The van der Waals surface area contributed by atoms with E-state index in [9.17, 15) is 19.0 Å². The van der Waals surface area contributed by atoms with Gasteiger partial charge in [-0.3, -0.25) is 4.98 Å². The molecule has 66 heavy (non-hydrogen) atoms. The summed E-state index contributed by atoms with van der Waals surface area (Å²) in [5.41, 5.74) is 22.7. The van der Waals surface area contributed by atoms with Gasteiger partial charge in [-0.2, -0.15) is 10.2 Å². The maximum absolute atomic E-state index is 14.2. The molecule has 11 rings (SSSR count). The van der Waals surface area contributed by atoms with E-state index in [4.69, 9.17) is 21.5 Å². The number of hydrogen-bond acceptors (Lipinski definition) is 12. The number of aromatic nitrogens is 10. The second kappa shape index (κ2) is 16.7. The average Bonchev–Trinajstić information content (AvgIpc) is 3.86. The quantitative estimate of drug-likeness (QED) is 0.118. The number of aryl methyl sites for hydroxylation is 2. The number of nitrogens with two attached hydrogens (primary N) is 2. The van der Waals surface area contributed by atoms with Crippen LogP contribution in [0.25, 0.3) is 77.6 Å². The van der Waals surface area contributed by atoms with Crippen molar-refractivity contribution in [2.45, 2.75) is 26.9 Å². The summed E-state index contributed by atoms with van der Waals surface area (Å²) in [5, 5.41) is 32.2. The largest absolute Gasteiger partial charge is 0.508 e. The number of phenolic OH excluding ortho intramolecular Hbond substituents is 2. The Labute approximate surface area is 374 Å². The molecule has 0 saturated heterocycles. The Kier molecular flexibility index (Phi) is 10.4. The zero-order valence-electron chi connectivity index (χ0n) is 35.4. The number of benzene rings is 5. The number of rotatable bonds is 7. The van der Waals surface area contributed by atoms with Crippen LogP contribution in [0.4, 0.5) is 20.4 Å². The van der Waals surface area contributed by atoms with Crippen molar-refractivity contribution in [1.29, 1.82) is 0 Å². The Morgan fingerprint density at radius 1 is 0.561 bits per heavy atom. The van der Waals surface area contributed by atoms with Crippen LogP contribution in [-0.2, 0) is 13.1 Å². The number of phenols is 2. The number of hydrogen-bond donors (Lipinski definition) is 4. The molecule has 5 aromatic carbocycles. The number of anilines is 2. The fourth-order valence-electron chi connectivity index (χ4n) is 8.23. The first-order chi connectivity index (χ1) is 32.0. The molecule has 0 radical (unpaired) electrons. The predicted octanol–water partition coefficient (Wildman–Crippen LogP) is 9.32. The zero-order valence-corrected chi connectivity index (χ0v) is 35.4. The van der Waals surface area contributed by atoms with Crippen molar-refractivity contribution in [1.82, 2.24) is 49.5 Å². The third-order valence-electron chi connectivity index (χ3n) is 11.3. The second-order valence-corrected chi connectivity index (χ2v) is 15.8. The minimum Gasteiger partial charge on any atom is -0.508 e. The Morgan fingerprint density at radius 2 is 1.14 bits per heavy atom. The molecule has 324 valence electrons. The molecule has 6 N–H and O–H groups in total. The van der Waals surface area contributed by atoms with Crippen molar-refractivity contribution in [3.05, 3.63) is 168 Å². The molecule has 0 aliphatic carbocycles. The number of nitrogens with zero attached hydrogens (tertiary/aromatic N) is 10. The van der Waals surface area contributed by atoms with Gasteiger partial charge in [-0.15, -0.1) is 0 Å². The normalized spacial score (nSPS) is 11.4. The third-order valence-corrected chi connectivity index (χ3v) is 11.3. The van der Waals surface area contributed by atoms with Crippen molar-refractivity contribution in [3.63, 3.8) is 0 Å². The SMILES string of the molecule is Cc1ccccc1-c1nc2c(C)cccc2cc1Cn1nc(-c2cc(O)cc(F)c2)c2c(N)ncnc21.Nc1ncnc2c1c(-c1cc(O)cc(F)c1)nn2Cc1cnc2ccccc2c1. The van der Waals surface area contributed by atoms with Gasteiger partial charge in [0.25, 0.3) is 0 Å². The molecule has 0 aliphatic heterocycles. The van der Waals surface area contributed by atoms with Crippen molar-refractivity contribution >= 4 is 55.5 Å². The van der Waals surface area contributed by atoms with Crippen LogP contribution in [0.2, 0.25) is 0 Å². The van der Waals surface area contributed by atoms with Gasteiger partial charge in [0.15, 0.2) is 11.3 Å². The molecule has 11 aromatic rings. The van der Waals surface area contributed by atoms with Crippen LogP contribution in [0.5, 0.6) is 11.5 Å². The molecule has 0 bridgehead atoms. The lowest BCUT2D eigenvalue weighted by atomic mass is 9.98. The molecular formula is C50H38F2N12O2. The van der Waals surface area contributed by atoms with Crippen LogP contribution >= 0.6 is 0 Å². The standard InChI is InChI=1S/C29H23FN6O.C21H15FN6O/c1-16-6-3-4-9-23(16)26-20(10-18-8-5-7-17(2)25(18)34-26)14-36-29-24(28(31)32-15-33-29)27(35-36)19-11-21(30)13-22(37)12-19;22-15-6-14(7-16(29)8-15)19-18-20(23)25-11-26-21(18)28(27-19)10-12-5-13-3-1-2-4-17(13)24-9-12/h3-13,15,37H,14H2,1-2H3,(H2,31,32,33);1-9,11,29H,10H2,(H2,23,25,26). The summed E-state index contributed by atoms with van der Waals surface area (Å²) in [6, 6.07) is 33.8. The van der Waals surface area contributed by atoms with E-state index >= 15 is 0 Å². The maximum Gasteiger partial charge on any atom is 0.164 e. The van der Waals surface area contributed by atoms with E-state index in [1.165, 1.54) is 36.9 Å². The van der Waals surface area contributed by atoms with E-state index < -0.39 is 11.6 Å². The highest BCUT2D eigenvalue weighted by Crippen LogP contribution is 2.36. The monoisotopic (exact) mass is 876 g/mol. The highest BCUT2D eigenvalue weighted by atomic mass is 19.1. The highest BCUT2D eigenvalue weighted by molar-refractivity contribution is 5.99. The van der Waals surface area contributed by atoms with Crippen LogP contribution in [0.1, 0.15) is 22.3 Å². The number of pyridine rings is 2. The minimum atomic E-state index is -0.580. The smallest absolute Gasteiger partial charge is 0.164 e. The summed E-state index contributed by atoms with van der Waals surface area (Å²) in [5.74, 6) is -1.10. The van der Waals surface area contributed by atoms with E-state index in [0.29, 0.717) is 57.7 Å². The van der Waals surface area contributed by atoms with E-state index in [1.807, 2.05) is 54.6 Å². The summed E-state index contributed by atoms with van der Waals surface area (Å²) in [6.45, 7) is 4.85. The molecule has 0 atom stereocenters. The molecule has 0 spiro atoms. The van der Waals surface area contributed by atoms with Gasteiger partial charge in [-0.1, -0.05) is 60.7 Å². The van der Waals surface area contributed by atoms with Gasteiger partial charge >= 0.3 is 0 Å². The van der Waals surface area contributed by atoms with Crippen LogP contribution in [0.3, 0.4) is 0 Å². The van der Waals surface area contributed by atoms with E-state index in [-0.39, 0.29) is 23.1 Å². The Bertz CT molecular complexity index is 3640. The van der Waals surface area contributed by atoms with Crippen LogP contribution in [-0.4, -0.2) is 59.7 Å². The van der Waals surface area contributed by atoms with Gasteiger partial charge in [0, 0.05) is 51.4 Å². The molecule has 16 heteroatoms. The highest BCUT2D eigenvalue weighted by Gasteiger charge is 2.22. The molecule has 14 nitrogen and oxygen atoms in total. The van der Waals surface area contributed by atoms with Crippen molar-refractivity contribution in [2.75, 3.05) is 11.5 Å². The molecule has 6 heterocycles. The first-order valence-electron chi connectivity index (χ1n) is 20.7. The fourth-order valence-corrected chi connectivity index (χ4v) is 8.23. The van der Waals surface area contributed by atoms with E-state index in [1.54, 1.807) is 15.6 Å². The average molecular weight is 877 g/mol. The molecule has 0 saturated carbocycles. The van der Waals surface area contributed by atoms with Gasteiger partial charge in [0.2, 0.25) is 0 Å². The topological polar surface area (TPSA) is 205 Å². The summed E-state index contributed by atoms with van der Waals surface area (Å²) in [6.07, 6.45) is 4.53. The Hall–Kier alpha value is -8.92. The molecular weight excluding hydrogens is 839 g/mol. The Morgan fingerprint density at radius 3 is 1.77 bits per heavy atom. The number of fused-ring (bicyclic) bond motifs is 4. The summed E-state index contributed by atoms with van der Waals surface area (Å²) >= 11 is 0. The number of nitrogen functional groups attached to an aromatic ring is 2. The lowest BCUT2D eigenvalue weighted by molar-refractivity contribution is 0.468. The van der Waals surface area contributed by atoms with Gasteiger partial charge in [0.05, 0.1) is 40.6 Å². The molecule has 0 aliphatic rings. The van der Waals surface area contributed by atoms with Crippen LogP contribution in [0, 0.1) is 25.5 Å². The fraction of sp³-hybridized carbons (Fsp3) is 0.0800. The molecule has 0 unspecified atom stereocenters. The number of para-hydroxylation sites is 2. The van der Waals surface area contributed by atoms with Crippen molar-refractivity contribution in [3.8, 4) is 45.3 Å². The van der Waals surface area contributed by atoms with Gasteiger partial charge in [-0.25, -0.2) is 43.1 Å². The lowest BCUT2D eigenvalue weighted by Gasteiger charge is -2.14. The second-order valence-electron chi connectivity index (χ2n) is 15.8. The van der Waals surface area contributed by atoms with Crippen molar-refractivity contribution in [2.24, 2.45) is 0 Å². The first kappa shape index (κ1) is 41.1. The van der Waals surface area contributed by atoms with Crippen molar-refractivity contribution < 1.29 is 19.0 Å². The Balaban J connectivity index is 0.000000160.